The first-order valence-corrected chi connectivity index (χ1v) is 9.21. The predicted octanol–water partition coefficient (Wildman–Crippen LogP) is 3.16. The summed E-state index contributed by atoms with van der Waals surface area (Å²) in [6.07, 6.45) is 3.65. The van der Waals surface area contributed by atoms with Crippen LogP contribution >= 0.6 is 11.3 Å². The number of rotatable bonds is 7. The van der Waals surface area contributed by atoms with Crippen LogP contribution < -0.4 is 5.73 Å². The molecule has 2 heterocycles. The van der Waals surface area contributed by atoms with Gasteiger partial charge in [-0.3, -0.25) is 4.90 Å². The van der Waals surface area contributed by atoms with Gasteiger partial charge >= 0.3 is 0 Å². The fourth-order valence-electron chi connectivity index (χ4n) is 3.59. The van der Waals surface area contributed by atoms with Gasteiger partial charge in [-0.25, -0.2) is 0 Å². The minimum atomic E-state index is 0.183. The first-order chi connectivity index (χ1) is 10.1. The van der Waals surface area contributed by atoms with Gasteiger partial charge < -0.3 is 10.6 Å². The molecule has 0 unspecified atom stereocenters. The van der Waals surface area contributed by atoms with Gasteiger partial charge in [-0.1, -0.05) is 13.0 Å². The highest BCUT2D eigenvalue weighted by Crippen LogP contribution is 2.32. The number of likely N-dealkylation sites (tertiary alicyclic amines) is 1. The molecule has 1 aromatic rings. The Labute approximate surface area is 134 Å². The highest BCUT2D eigenvalue weighted by atomic mass is 32.1. The lowest BCUT2D eigenvalue weighted by Gasteiger charge is -2.50. The van der Waals surface area contributed by atoms with E-state index in [4.69, 9.17) is 5.73 Å². The van der Waals surface area contributed by atoms with Crippen molar-refractivity contribution < 1.29 is 0 Å². The molecule has 1 fully saturated rings. The smallest absolute Gasteiger partial charge is 0.0362 e. The first-order valence-electron chi connectivity index (χ1n) is 8.33. The van der Waals surface area contributed by atoms with Crippen LogP contribution in [0.25, 0.3) is 0 Å². The molecule has 4 heteroatoms. The third-order valence-corrected chi connectivity index (χ3v) is 5.71. The van der Waals surface area contributed by atoms with Crippen molar-refractivity contribution in [2.75, 3.05) is 26.2 Å². The molecule has 21 heavy (non-hydrogen) atoms. The summed E-state index contributed by atoms with van der Waals surface area (Å²) in [5, 5.41) is 2.17. The van der Waals surface area contributed by atoms with Gasteiger partial charge in [0.2, 0.25) is 0 Å². The van der Waals surface area contributed by atoms with Crippen molar-refractivity contribution in [1.29, 1.82) is 0 Å². The van der Waals surface area contributed by atoms with E-state index in [1.807, 2.05) is 11.3 Å². The van der Waals surface area contributed by atoms with Crippen LogP contribution in [0.15, 0.2) is 17.5 Å². The lowest BCUT2D eigenvalue weighted by molar-refractivity contribution is 0.0000981. The fraction of sp³-hybridized carbons (Fsp3) is 0.765. The largest absolute Gasteiger partial charge is 0.329 e. The van der Waals surface area contributed by atoms with Crippen LogP contribution in [0, 0.1) is 0 Å². The maximum Gasteiger partial charge on any atom is 0.0362 e. The third-order valence-electron chi connectivity index (χ3n) is 4.85. The number of nitrogens with zero attached hydrogens (tertiary/aromatic N) is 2. The Morgan fingerprint density at radius 1 is 1.38 bits per heavy atom. The van der Waals surface area contributed by atoms with Crippen molar-refractivity contribution in [1.82, 2.24) is 9.80 Å². The predicted molar refractivity (Wildman–Crippen MR) is 92.7 cm³/mol. The van der Waals surface area contributed by atoms with Crippen LogP contribution in [-0.4, -0.2) is 47.6 Å². The molecule has 2 rings (SSSR count). The molecule has 120 valence electrons. The molecule has 0 amide bonds. The van der Waals surface area contributed by atoms with Gasteiger partial charge in [0.05, 0.1) is 0 Å². The maximum absolute atomic E-state index is 6.27. The minimum absolute atomic E-state index is 0.183. The molecule has 1 saturated heterocycles. The average Bonchev–Trinajstić information content (AvgIpc) is 2.99. The monoisotopic (exact) mass is 309 g/mol. The fourth-order valence-corrected chi connectivity index (χ4v) is 4.29. The lowest BCUT2D eigenvalue weighted by Crippen LogP contribution is -2.60. The van der Waals surface area contributed by atoms with Gasteiger partial charge in [-0.15, -0.1) is 11.3 Å². The summed E-state index contributed by atoms with van der Waals surface area (Å²) in [7, 11) is 0. The maximum atomic E-state index is 6.27. The minimum Gasteiger partial charge on any atom is -0.329 e. The van der Waals surface area contributed by atoms with E-state index in [0.717, 1.165) is 13.1 Å². The van der Waals surface area contributed by atoms with Crippen molar-refractivity contribution in [3.8, 4) is 0 Å². The van der Waals surface area contributed by atoms with Crippen LogP contribution in [0.4, 0.5) is 0 Å². The summed E-state index contributed by atoms with van der Waals surface area (Å²) < 4.78 is 0. The van der Waals surface area contributed by atoms with Gasteiger partial charge in [0.25, 0.3) is 0 Å². The zero-order valence-electron chi connectivity index (χ0n) is 13.8. The van der Waals surface area contributed by atoms with E-state index in [-0.39, 0.29) is 5.54 Å². The highest BCUT2D eigenvalue weighted by molar-refractivity contribution is 7.09. The van der Waals surface area contributed by atoms with Crippen LogP contribution in [0.3, 0.4) is 0 Å². The van der Waals surface area contributed by atoms with Gasteiger partial charge in [0, 0.05) is 29.5 Å². The van der Waals surface area contributed by atoms with Crippen molar-refractivity contribution in [3.63, 3.8) is 0 Å². The molecule has 0 aromatic carbocycles. The van der Waals surface area contributed by atoms with Gasteiger partial charge in [-0.2, -0.15) is 0 Å². The zero-order chi connectivity index (χ0) is 15.3. The normalized spacial score (nSPS) is 19.5. The topological polar surface area (TPSA) is 32.5 Å². The second-order valence-electron chi connectivity index (χ2n) is 6.57. The molecule has 1 aliphatic heterocycles. The molecule has 2 N–H and O–H groups in total. The summed E-state index contributed by atoms with van der Waals surface area (Å²) >= 11 is 1.86. The van der Waals surface area contributed by atoms with Crippen LogP contribution in [-0.2, 0) is 6.54 Å². The summed E-state index contributed by atoms with van der Waals surface area (Å²) in [5.41, 5.74) is 6.45. The van der Waals surface area contributed by atoms with Crippen molar-refractivity contribution >= 4 is 11.3 Å². The van der Waals surface area contributed by atoms with Crippen molar-refractivity contribution in [3.05, 3.63) is 22.4 Å². The molecule has 0 atom stereocenters. The van der Waals surface area contributed by atoms with E-state index >= 15 is 0 Å². The molecule has 1 aliphatic rings. The molecule has 3 nitrogen and oxygen atoms in total. The first kappa shape index (κ1) is 16.9. The van der Waals surface area contributed by atoms with E-state index in [1.165, 1.54) is 43.8 Å². The summed E-state index contributed by atoms with van der Waals surface area (Å²) in [5.74, 6) is 0. The lowest BCUT2D eigenvalue weighted by atomic mass is 9.84. The van der Waals surface area contributed by atoms with Crippen molar-refractivity contribution in [2.45, 2.75) is 58.2 Å². The molecular weight excluding hydrogens is 278 g/mol. The standard InChI is InChI=1S/C17H31N3S/c1-4-9-19-10-7-17(14-18,8-11-19)20(15(2)3)13-16-6-5-12-21-16/h5-6,12,15H,4,7-11,13-14,18H2,1-3H3. The Hall–Kier alpha value is -0.420. The SMILES string of the molecule is CCCN1CCC(CN)(N(Cc2cccs2)C(C)C)CC1. The number of hydrogen-bond acceptors (Lipinski definition) is 4. The second kappa shape index (κ2) is 7.73. The molecule has 0 bridgehead atoms. The average molecular weight is 310 g/mol. The molecule has 0 saturated carbocycles. The Bertz CT molecular complexity index is 394. The number of hydrogen-bond donors (Lipinski definition) is 1. The van der Waals surface area contributed by atoms with Gasteiger partial charge in [-0.05, 0) is 64.2 Å². The number of thiophene rings is 1. The Balaban J connectivity index is 2.09. The van der Waals surface area contributed by atoms with E-state index in [2.05, 4.69) is 48.1 Å². The summed E-state index contributed by atoms with van der Waals surface area (Å²) in [4.78, 5) is 6.70. The Morgan fingerprint density at radius 2 is 2.10 bits per heavy atom. The van der Waals surface area contributed by atoms with E-state index in [0.29, 0.717) is 6.04 Å². The summed E-state index contributed by atoms with van der Waals surface area (Å²) in [6.45, 7) is 12.3. The van der Waals surface area contributed by atoms with E-state index < -0.39 is 0 Å². The van der Waals surface area contributed by atoms with Crippen molar-refractivity contribution in [2.24, 2.45) is 5.73 Å². The Morgan fingerprint density at radius 3 is 2.57 bits per heavy atom. The van der Waals surface area contributed by atoms with Gasteiger partial charge in [0.1, 0.15) is 0 Å². The number of piperidine rings is 1. The van der Waals surface area contributed by atoms with Gasteiger partial charge in [0.15, 0.2) is 0 Å². The second-order valence-corrected chi connectivity index (χ2v) is 7.60. The van der Waals surface area contributed by atoms with Crippen LogP contribution in [0.2, 0.25) is 0 Å². The van der Waals surface area contributed by atoms with Crippen LogP contribution in [0.1, 0.15) is 44.9 Å². The molecule has 0 radical (unpaired) electrons. The van der Waals surface area contributed by atoms with E-state index in [9.17, 15) is 0 Å². The molecule has 0 aliphatic carbocycles. The zero-order valence-corrected chi connectivity index (χ0v) is 14.7. The molecule has 1 aromatic heterocycles. The van der Waals surface area contributed by atoms with Crippen LogP contribution in [0.5, 0.6) is 0 Å². The van der Waals surface area contributed by atoms with E-state index in [1.54, 1.807) is 0 Å². The number of nitrogens with two attached hydrogens (primary N) is 1. The molecule has 0 spiro atoms. The third kappa shape index (κ3) is 4.07. The summed E-state index contributed by atoms with van der Waals surface area (Å²) in [6, 6.07) is 4.93. The highest BCUT2D eigenvalue weighted by Gasteiger charge is 2.39. The Kier molecular flexibility index (Phi) is 6.23. The molecular formula is C17H31N3S. The quantitative estimate of drug-likeness (QED) is 0.840.